The zero-order chi connectivity index (χ0) is 12.6. The van der Waals surface area contributed by atoms with Crippen LogP contribution in [0.25, 0.3) is 0 Å². The zero-order valence-electron chi connectivity index (χ0n) is 10.9. The maximum atomic E-state index is 11.6. The maximum absolute atomic E-state index is 11.6. The van der Waals surface area contributed by atoms with Crippen LogP contribution in [0.15, 0.2) is 0 Å². The van der Waals surface area contributed by atoms with Gasteiger partial charge in [-0.15, -0.1) is 0 Å². The highest BCUT2D eigenvalue weighted by molar-refractivity contribution is 5.81. The largest absolute Gasteiger partial charge is 0.355 e. The molecule has 0 heterocycles. The summed E-state index contributed by atoms with van der Waals surface area (Å²) < 4.78 is 0. The van der Waals surface area contributed by atoms with Crippen molar-refractivity contribution in [3.05, 3.63) is 0 Å². The van der Waals surface area contributed by atoms with E-state index in [9.17, 15) is 4.79 Å². The molecule has 96 valence electrons. The Morgan fingerprint density at radius 3 is 2.44 bits per heavy atom. The van der Waals surface area contributed by atoms with Crippen molar-refractivity contribution in [3.63, 3.8) is 0 Å². The van der Waals surface area contributed by atoms with Crippen LogP contribution in [0.4, 0.5) is 0 Å². The van der Waals surface area contributed by atoms with Crippen LogP contribution in [0.3, 0.4) is 0 Å². The molecule has 1 unspecified atom stereocenters. The standard InChI is InChI=1S/C12H27N3O/c1-12(2,3)7-9-15-11(16)10(14)6-4-5-8-13/h10H,4-9,13-14H2,1-3H3,(H,15,16). The van der Waals surface area contributed by atoms with E-state index in [2.05, 4.69) is 26.1 Å². The normalized spacial score (nSPS) is 13.6. The molecule has 0 aliphatic heterocycles. The van der Waals surface area contributed by atoms with Crippen LogP contribution in [0.1, 0.15) is 46.5 Å². The van der Waals surface area contributed by atoms with E-state index in [1.54, 1.807) is 0 Å². The van der Waals surface area contributed by atoms with Gasteiger partial charge >= 0.3 is 0 Å². The highest BCUT2D eigenvalue weighted by Crippen LogP contribution is 2.16. The first-order chi connectivity index (χ1) is 7.37. The molecule has 0 saturated heterocycles. The van der Waals surface area contributed by atoms with Crippen molar-refractivity contribution in [2.24, 2.45) is 16.9 Å². The predicted octanol–water partition coefficient (Wildman–Crippen LogP) is 0.995. The van der Waals surface area contributed by atoms with E-state index in [1.165, 1.54) is 0 Å². The molecule has 0 aliphatic carbocycles. The van der Waals surface area contributed by atoms with Crippen LogP contribution in [0.2, 0.25) is 0 Å². The summed E-state index contributed by atoms with van der Waals surface area (Å²) in [5.74, 6) is -0.0405. The van der Waals surface area contributed by atoms with Crippen molar-refractivity contribution in [1.29, 1.82) is 0 Å². The topological polar surface area (TPSA) is 81.1 Å². The van der Waals surface area contributed by atoms with Gasteiger partial charge in [0.25, 0.3) is 0 Å². The first-order valence-electron chi connectivity index (χ1n) is 6.10. The molecule has 0 spiro atoms. The fourth-order valence-corrected chi connectivity index (χ4v) is 1.33. The van der Waals surface area contributed by atoms with E-state index in [0.717, 1.165) is 25.7 Å². The Morgan fingerprint density at radius 1 is 1.31 bits per heavy atom. The van der Waals surface area contributed by atoms with Crippen molar-refractivity contribution in [2.75, 3.05) is 13.1 Å². The van der Waals surface area contributed by atoms with E-state index >= 15 is 0 Å². The number of unbranched alkanes of at least 4 members (excludes halogenated alkanes) is 1. The number of rotatable bonds is 7. The van der Waals surface area contributed by atoms with E-state index in [-0.39, 0.29) is 17.4 Å². The number of hydrogen-bond donors (Lipinski definition) is 3. The van der Waals surface area contributed by atoms with E-state index in [1.807, 2.05) is 0 Å². The van der Waals surface area contributed by atoms with Gasteiger partial charge in [0.15, 0.2) is 0 Å². The third-order valence-electron chi connectivity index (χ3n) is 2.48. The molecular weight excluding hydrogens is 202 g/mol. The van der Waals surface area contributed by atoms with Crippen LogP contribution >= 0.6 is 0 Å². The molecule has 4 heteroatoms. The van der Waals surface area contributed by atoms with Gasteiger partial charge in [-0.1, -0.05) is 27.2 Å². The molecular formula is C12H27N3O. The van der Waals surface area contributed by atoms with Gasteiger partial charge in [-0.3, -0.25) is 4.79 Å². The van der Waals surface area contributed by atoms with Gasteiger partial charge in [-0.2, -0.15) is 0 Å². The molecule has 0 aliphatic rings. The molecule has 0 radical (unpaired) electrons. The molecule has 4 nitrogen and oxygen atoms in total. The van der Waals surface area contributed by atoms with Crippen LogP contribution in [0, 0.1) is 5.41 Å². The zero-order valence-corrected chi connectivity index (χ0v) is 10.9. The summed E-state index contributed by atoms with van der Waals surface area (Å²) in [5, 5.41) is 2.87. The van der Waals surface area contributed by atoms with Crippen LogP contribution in [0.5, 0.6) is 0 Å². The van der Waals surface area contributed by atoms with Gasteiger partial charge in [0, 0.05) is 6.54 Å². The van der Waals surface area contributed by atoms with Crippen LogP contribution in [-0.2, 0) is 4.79 Å². The summed E-state index contributed by atoms with van der Waals surface area (Å²) in [5.41, 5.74) is 11.4. The number of nitrogens with one attached hydrogen (secondary N) is 1. The number of hydrogen-bond acceptors (Lipinski definition) is 3. The Kier molecular flexibility index (Phi) is 7.34. The lowest BCUT2D eigenvalue weighted by atomic mass is 9.92. The number of carbonyl (C=O) groups excluding carboxylic acids is 1. The fraction of sp³-hybridized carbons (Fsp3) is 0.917. The highest BCUT2D eigenvalue weighted by atomic mass is 16.2. The smallest absolute Gasteiger partial charge is 0.236 e. The summed E-state index contributed by atoms with van der Waals surface area (Å²) >= 11 is 0. The SMILES string of the molecule is CC(C)(C)CCNC(=O)C(N)CCCCN. The first-order valence-corrected chi connectivity index (χ1v) is 6.10. The third-order valence-corrected chi connectivity index (χ3v) is 2.48. The van der Waals surface area contributed by atoms with Crippen molar-refractivity contribution in [2.45, 2.75) is 52.5 Å². The van der Waals surface area contributed by atoms with E-state index in [4.69, 9.17) is 11.5 Å². The number of nitrogens with two attached hydrogens (primary N) is 2. The third kappa shape index (κ3) is 8.68. The molecule has 16 heavy (non-hydrogen) atoms. The van der Waals surface area contributed by atoms with E-state index in [0.29, 0.717) is 13.1 Å². The quantitative estimate of drug-likeness (QED) is 0.570. The van der Waals surface area contributed by atoms with Gasteiger partial charge in [-0.05, 0) is 31.2 Å². The lowest BCUT2D eigenvalue weighted by Gasteiger charge is -2.19. The fourth-order valence-electron chi connectivity index (χ4n) is 1.33. The molecule has 0 saturated carbocycles. The van der Waals surface area contributed by atoms with Gasteiger partial charge in [0.05, 0.1) is 6.04 Å². The first kappa shape index (κ1) is 15.4. The van der Waals surface area contributed by atoms with Gasteiger partial charge in [0.1, 0.15) is 0 Å². The lowest BCUT2D eigenvalue weighted by Crippen LogP contribution is -2.41. The average molecular weight is 229 g/mol. The molecule has 0 rings (SSSR count). The molecule has 1 atom stereocenters. The molecule has 0 bridgehead atoms. The van der Waals surface area contributed by atoms with Crippen molar-refractivity contribution in [3.8, 4) is 0 Å². The minimum Gasteiger partial charge on any atom is -0.355 e. The minimum atomic E-state index is -0.383. The van der Waals surface area contributed by atoms with Crippen molar-refractivity contribution in [1.82, 2.24) is 5.32 Å². The summed E-state index contributed by atoms with van der Waals surface area (Å²) in [6.07, 6.45) is 3.54. The Morgan fingerprint density at radius 2 is 1.94 bits per heavy atom. The Bertz CT molecular complexity index is 199. The van der Waals surface area contributed by atoms with Crippen molar-refractivity contribution < 1.29 is 4.79 Å². The molecule has 0 fully saturated rings. The summed E-state index contributed by atoms with van der Waals surface area (Å²) in [6, 6.07) is -0.383. The van der Waals surface area contributed by atoms with Crippen LogP contribution < -0.4 is 16.8 Å². The van der Waals surface area contributed by atoms with Gasteiger partial charge in [-0.25, -0.2) is 0 Å². The second kappa shape index (κ2) is 7.63. The molecule has 0 aromatic heterocycles. The van der Waals surface area contributed by atoms with Gasteiger partial charge < -0.3 is 16.8 Å². The number of amides is 1. The summed E-state index contributed by atoms with van der Waals surface area (Å²) in [6.45, 7) is 7.83. The highest BCUT2D eigenvalue weighted by Gasteiger charge is 2.14. The predicted molar refractivity (Wildman–Crippen MR) is 68.0 cm³/mol. The Hall–Kier alpha value is -0.610. The average Bonchev–Trinajstić information content (AvgIpc) is 2.15. The minimum absolute atomic E-state index is 0.0405. The molecule has 1 amide bonds. The Balaban J connectivity index is 3.63. The molecule has 0 aromatic rings. The summed E-state index contributed by atoms with van der Waals surface area (Å²) in [4.78, 5) is 11.6. The van der Waals surface area contributed by atoms with E-state index < -0.39 is 0 Å². The lowest BCUT2D eigenvalue weighted by molar-refractivity contribution is -0.122. The monoisotopic (exact) mass is 229 g/mol. The van der Waals surface area contributed by atoms with Gasteiger partial charge in [0.2, 0.25) is 5.91 Å². The summed E-state index contributed by atoms with van der Waals surface area (Å²) in [7, 11) is 0. The Labute approximate surface area is 99.1 Å². The second-order valence-electron chi connectivity index (χ2n) is 5.49. The second-order valence-corrected chi connectivity index (χ2v) is 5.49. The van der Waals surface area contributed by atoms with Crippen LogP contribution in [-0.4, -0.2) is 25.0 Å². The van der Waals surface area contributed by atoms with Crippen molar-refractivity contribution >= 4 is 5.91 Å². The maximum Gasteiger partial charge on any atom is 0.236 e. The molecule has 0 aromatic carbocycles. The molecule has 5 N–H and O–H groups in total. The number of carbonyl (C=O) groups is 1.